The molecule has 0 atom stereocenters. The van der Waals surface area contributed by atoms with E-state index in [0.29, 0.717) is 18.7 Å². The Hall–Kier alpha value is -3.46. The van der Waals surface area contributed by atoms with Crippen molar-refractivity contribution in [2.24, 2.45) is 4.99 Å². The number of aliphatic imine (C=N–C) groups is 1. The molecule has 8 nitrogen and oxygen atoms in total. The van der Waals surface area contributed by atoms with E-state index in [9.17, 15) is 13.2 Å². The summed E-state index contributed by atoms with van der Waals surface area (Å²) in [4.78, 5) is 20.6. The van der Waals surface area contributed by atoms with Crippen molar-refractivity contribution < 1.29 is 13.2 Å². The van der Waals surface area contributed by atoms with Crippen LogP contribution in [0.2, 0.25) is 0 Å². The van der Waals surface area contributed by atoms with Crippen LogP contribution in [-0.2, 0) is 27.9 Å². The Balaban J connectivity index is 1.40. The van der Waals surface area contributed by atoms with Gasteiger partial charge in [-0.05, 0) is 23.3 Å². The van der Waals surface area contributed by atoms with Crippen LogP contribution >= 0.6 is 0 Å². The van der Waals surface area contributed by atoms with Gasteiger partial charge in [-0.3, -0.25) is 14.5 Å². The quantitative estimate of drug-likeness (QED) is 0.640. The summed E-state index contributed by atoms with van der Waals surface area (Å²) in [7, 11) is -3.61. The highest BCUT2D eigenvalue weighted by atomic mass is 32.2. The molecule has 3 aromatic rings. The second-order valence-corrected chi connectivity index (χ2v) is 8.20. The fourth-order valence-corrected chi connectivity index (χ4v) is 4.36. The van der Waals surface area contributed by atoms with Gasteiger partial charge in [0, 0.05) is 31.0 Å². The summed E-state index contributed by atoms with van der Waals surface area (Å²) in [6.07, 6.45) is 5.34. The Morgan fingerprint density at radius 1 is 1.10 bits per heavy atom. The molecule has 2 N–H and O–H groups in total. The predicted molar refractivity (Wildman–Crippen MR) is 108 cm³/mol. The SMILES string of the molecule is O=C(CN=C1NS(=O)(=O)c2ccccc21)NCc1ccccc1Cn1ccnc1. The van der Waals surface area contributed by atoms with Crippen LogP contribution in [0.3, 0.4) is 0 Å². The molecule has 1 aromatic heterocycles. The van der Waals surface area contributed by atoms with Crippen molar-refractivity contribution in [3.63, 3.8) is 0 Å². The van der Waals surface area contributed by atoms with Crippen molar-refractivity contribution in [1.29, 1.82) is 0 Å². The number of amidine groups is 1. The number of hydrogen-bond donors (Lipinski definition) is 2. The maximum atomic E-state index is 12.3. The molecule has 0 bridgehead atoms. The molecule has 2 aromatic carbocycles. The molecule has 0 unspecified atom stereocenters. The predicted octanol–water partition coefficient (Wildman–Crippen LogP) is 1.29. The Morgan fingerprint density at radius 3 is 2.66 bits per heavy atom. The fourth-order valence-electron chi connectivity index (χ4n) is 3.11. The Kier molecular flexibility index (Phi) is 5.13. The first kappa shape index (κ1) is 18.9. The van der Waals surface area contributed by atoms with Gasteiger partial charge in [-0.25, -0.2) is 13.4 Å². The number of benzene rings is 2. The van der Waals surface area contributed by atoms with Crippen LogP contribution in [0, 0.1) is 0 Å². The summed E-state index contributed by atoms with van der Waals surface area (Å²) < 4.78 is 28.5. The van der Waals surface area contributed by atoms with Gasteiger partial charge in [0.25, 0.3) is 10.0 Å². The number of amides is 1. The van der Waals surface area contributed by atoms with Gasteiger partial charge in [-0.1, -0.05) is 36.4 Å². The third-order valence-electron chi connectivity index (χ3n) is 4.55. The lowest BCUT2D eigenvalue weighted by Crippen LogP contribution is -2.28. The second kappa shape index (κ2) is 7.88. The van der Waals surface area contributed by atoms with E-state index in [1.54, 1.807) is 30.7 Å². The van der Waals surface area contributed by atoms with Crippen molar-refractivity contribution in [3.8, 4) is 0 Å². The number of aromatic nitrogens is 2. The standard InChI is InChI=1S/C20H19N5O3S/c26-19(12-23-20-17-7-3-4-8-18(17)29(27,28)24-20)22-11-15-5-1-2-6-16(15)13-25-10-9-21-14-25/h1-10,14H,11-13H2,(H,22,26)(H,23,24). The molecule has 1 aliphatic rings. The number of carbonyl (C=O) groups is 1. The fraction of sp³-hybridized carbons (Fsp3) is 0.150. The molecule has 1 aliphatic heterocycles. The van der Waals surface area contributed by atoms with Crippen LogP contribution in [0.4, 0.5) is 0 Å². The summed E-state index contributed by atoms with van der Waals surface area (Å²) in [5, 5.41) is 2.84. The Labute approximate surface area is 168 Å². The van der Waals surface area contributed by atoms with Crippen LogP contribution in [0.5, 0.6) is 0 Å². The minimum absolute atomic E-state index is 0.171. The Morgan fingerprint density at radius 2 is 1.86 bits per heavy atom. The molecule has 0 aliphatic carbocycles. The van der Waals surface area contributed by atoms with Crippen LogP contribution in [-0.4, -0.2) is 36.3 Å². The normalized spacial score (nSPS) is 15.7. The Bertz CT molecular complexity index is 1170. The van der Waals surface area contributed by atoms with E-state index in [0.717, 1.165) is 11.1 Å². The zero-order valence-corrected chi connectivity index (χ0v) is 16.3. The van der Waals surface area contributed by atoms with Crippen LogP contribution in [0.1, 0.15) is 16.7 Å². The van der Waals surface area contributed by atoms with Gasteiger partial charge in [0.15, 0.2) is 0 Å². The van der Waals surface area contributed by atoms with Crippen molar-refractivity contribution in [2.75, 3.05) is 6.54 Å². The van der Waals surface area contributed by atoms with Crippen LogP contribution in [0.15, 0.2) is 77.1 Å². The van der Waals surface area contributed by atoms with E-state index in [2.05, 4.69) is 20.0 Å². The number of hydrogen-bond acceptors (Lipinski definition) is 5. The molecule has 2 heterocycles. The van der Waals surface area contributed by atoms with E-state index in [1.807, 2.05) is 35.0 Å². The number of rotatable bonds is 6. The molecular weight excluding hydrogens is 390 g/mol. The molecule has 148 valence electrons. The lowest BCUT2D eigenvalue weighted by molar-refractivity contribution is -0.119. The summed E-state index contributed by atoms with van der Waals surface area (Å²) in [5.41, 5.74) is 2.55. The lowest BCUT2D eigenvalue weighted by Gasteiger charge is -2.11. The number of nitrogens with one attached hydrogen (secondary N) is 2. The van der Waals surface area contributed by atoms with Crippen molar-refractivity contribution in [3.05, 3.63) is 83.9 Å². The third kappa shape index (κ3) is 4.19. The molecule has 0 saturated heterocycles. The molecule has 0 radical (unpaired) electrons. The maximum absolute atomic E-state index is 12.3. The molecule has 29 heavy (non-hydrogen) atoms. The van der Waals surface area contributed by atoms with E-state index in [4.69, 9.17) is 0 Å². The molecule has 1 amide bonds. The highest BCUT2D eigenvalue weighted by Gasteiger charge is 2.30. The van der Waals surface area contributed by atoms with Crippen molar-refractivity contribution >= 4 is 21.8 Å². The van der Waals surface area contributed by atoms with Crippen molar-refractivity contribution in [1.82, 2.24) is 19.6 Å². The summed E-state index contributed by atoms with van der Waals surface area (Å²) in [6.45, 7) is 0.847. The molecule has 4 rings (SSSR count). The van der Waals surface area contributed by atoms with Gasteiger partial charge in [0.05, 0.1) is 11.2 Å². The molecule has 0 spiro atoms. The van der Waals surface area contributed by atoms with Gasteiger partial charge in [0.2, 0.25) is 5.91 Å². The van der Waals surface area contributed by atoms with Crippen molar-refractivity contribution in [2.45, 2.75) is 18.0 Å². The van der Waals surface area contributed by atoms with Gasteiger partial charge in [-0.2, -0.15) is 0 Å². The minimum Gasteiger partial charge on any atom is -0.350 e. The molecule has 0 fully saturated rings. The summed E-state index contributed by atoms with van der Waals surface area (Å²) in [5.74, 6) is -0.102. The third-order valence-corrected chi connectivity index (χ3v) is 5.95. The maximum Gasteiger partial charge on any atom is 0.263 e. The second-order valence-electron chi connectivity index (χ2n) is 6.55. The number of sulfonamides is 1. The zero-order valence-electron chi connectivity index (χ0n) is 15.4. The summed E-state index contributed by atoms with van der Waals surface area (Å²) >= 11 is 0. The van der Waals surface area contributed by atoms with Crippen LogP contribution in [0.25, 0.3) is 0 Å². The first-order chi connectivity index (χ1) is 14.0. The highest BCUT2D eigenvalue weighted by Crippen LogP contribution is 2.22. The number of imidazole rings is 1. The van der Waals surface area contributed by atoms with Gasteiger partial charge in [0.1, 0.15) is 12.4 Å². The number of nitrogens with zero attached hydrogens (tertiary/aromatic N) is 3. The highest BCUT2D eigenvalue weighted by molar-refractivity contribution is 7.90. The summed E-state index contributed by atoms with van der Waals surface area (Å²) in [6, 6.07) is 14.4. The van der Waals surface area contributed by atoms with Gasteiger partial charge >= 0.3 is 0 Å². The topological polar surface area (TPSA) is 105 Å². The van der Waals surface area contributed by atoms with E-state index < -0.39 is 10.0 Å². The first-order valence-corrected chi connectivity index (χ1v) is 10.5. The van der Waals surface area contributed by atoms with E-state index >= 15 is 0 Å². The smallest absolute Gasteiger partial charge is 0.263 e. The van der Waals surface area contributed by atoms with Gasteiger partial charge in [-0.15, -0.1) is 0 Å². The lowest BCUT2D eigenvalue weighted by atomic mass is 10.1. The number of carbonyl (C=O) groups excluding carboxylic acids is 1. The first-order valence-electron chi connectivity index (χ1n) is 8.99. The minimum atomic E-state index is -3.61. The average molecular weight is 409 g/mol. The van der Waals surface area contributed by atoms with E-state index in [-0.39, 0.29) is 23.2 Å². The zero-order chi connectivity index (χ0) is 20.3. The largest absolute Gasteiger partial charge is 0.350 e. The molecule has 0 saturated carbocycles. The van der Waals surface area contributed by atoms with Crippen LogP contribution < -0.4 is 10.0 Å². The van der Waals surface area contributed by atoms with Gasteiger partial charge < -0.3 is 9.88 Å². The average Bonchev–Trinajstić information content (AvgIpc) is 3.32. The monoisotopic (exact) mass is 409 g/mol. The molecular formula is C20H19N5O3S. The molecule has 9 heteroatoms. The van der Waals surface area contributed by atoms with E-state index in [1.165, 1.54) is 6.07 Å². The number of fused-ring (bicyclic) bond motifs is 1.